The number of hydrogen-bond donors (Lipinski definition) is 1. The quantitative estimate of drug-likeness (QED) is 0.325. The second-order valence-electron chi connectivity index (χ2n) is 9.50. The van der Waals surface area contributed by atoms with Gasteiger partial charge in [0.2, 0.25) is 5.91 Å². The van der Waals surface area contributed by atoms with Crippen LogP contribution in [0.5, 0.6) is 5.75 Å². The van der Waals surface area contributed by atoms with E-state index in [1.165, 1.54) is 24.4 Å². The highest BCUT2D eigenvalue weighted by molar-refractivity contribution is 6.00. The molecule has 2 aromatic carbocycles. The maximum atomic E-state index is 14.0. The van der Waals surface area contributed by atoms with Crippen molar-refractivity contribution >= 4 is 17.4 Å². The van der Waals surface area contributed by atoms with Gasteiger partial charge in [0.25, 0.3) is 0 Å². The monoisotopic (exact) mass is 544 g/mol. The standard InChI is InChI=1S/C28H28F4N4O3/c1-18-16-36(12-11-35(18)2)17-27(38)34-24-14-20(8-10-26(24)39-28(30,31)32)25(37)13-19-7-9-23(33-15-19)21-5-3-4-6-22(21)29/h3-10,14-15,18H,11-13,16-17H2,1-2H3,(H,34,38). The third kappa shape index (κ3) is 7.61. The van der Waals surface area contributed by atoms with Gasteiger partial charge in [0.15, 0.2) is 11.5 Å². The summed E-state index contributed by atoms with van der Waals surface area (Å²) in [5.74, 6) is -1.96. The number of nitrogens with one attached hydrogen (secondary N) is 1. The Balaban J connectivity index is 1.48. The zero-order valence-corrected chi connectivity index (χ0v) is 21.5. The minimum Gasteiger partial charge on any atom is -0.404 e. The molecule has 1 aromatic heterocycles. The number of halogens is 4. The first-order valence-corrected chi connectivity index (χ1v) is 12.3. The van der Waals surface area contributed by atoms with E-state index in [9.17, 15) is 27.2 Å². The SMILES string of the molecule is CC1CN(CC(=O)Nc2cc(C(=O)Cc3ccc(-c4ccccc4F)nc3)ccc2OC(F)(F)F)CCN1C. The largest absolute Gasteiger partial charge is 0.573 e. The average Bonchev–Trinajstić information content (AvgIpc) is 2.87. The number of piperazine rings is 1. The summed E-state index contributed by atoms with van der Waals surface area (Å²) in [6.45, 7) is 4.05. The maximum Gasteiger partial charge on any atom is 0.573 e. The van der Waals surface area contributed by atoms with Gasteiger partial charge in [-0.3, -0.25) is 19.5 Å². The summed E-state index contributed by atoms with van der Waals surface area (Å²) in [6.07, 6.45) is -3.64. The second kappa shape index (κ2) is 11.9. The van der Waals surface area contributed by atoms with Crippen molar-refractivity contribution in [1.29, 1.82) is 0 Å². The third-order valence-corrected chi connectivity index (χ3v) is 6.55. The molecule has 206 valence electrons. The van der Waals surface area contributed by atoms with E-state index in [1.54, 1.807) is 30.3 Å². The predicted octanol–water partition coefficient (Wildman–Crippen LogP) is 4.79. The van der Waals surface area contributed by atoms with Crippen LogP contribution in [0, 0.1) is 5.82 Å². The second-order valence-corrected chi connectivity index (χ2v) is 9.50. The number of ketones is 1. The molecule has 0 bridgehead atoms. The van der Waals surface area contributed by atoms with Crippen molar-refractivity contribution in [3.8, 4) is 17.0 Å². The lowest BCUT2D eigenvalue weighted by molar-refractivity contribution is -0.274. The zero-order valence-electron chi connectivity index (χ0n) is 21.5. The number of rotatable bonds is 8. The molecule has 7 nitrogen and oxygen atoms in total. The highest BCUT2D eigenvalue weighted by atomic mass is 19.4. The number of nitrogens with zero attached hydrogens (tertiary/aromatic N) is 3. The zero-order chi connectivity index (χ0) is 28.2. The number of carbonyl (C=O) groups is 2. The Kier molecular flexibility index (Phi) is 8.61. The van der Waals surface area contributed by atoms with Crippen molar-refractivity contribution in [3.05, 3.63) is 77.7 Å². The molecule has 0 saturated carbocycles. The average molecular weight is 545 g/mol. The van der Waals surface area contributed by atoms with E-state index >= 15 is 0 Å². The Hall–Kier alpha value is -3.83. The molecule has 39 heavy (non-hydrogen) atoms. The van der Waals surface area contributed by atoms with Crippen LogP contribution < -0.4 is 10.1 Å². The molecule has 1 aliphatic heterocycles. The number of hydrogen-bond acceptors (Lipinski definition) is 6. The van der Waals surface area contributed by atoms with Crippen molar-refractivity contribution in [2.24, 2.45) is 0 Å². The van der Waals surface area contributed by atoms with Gasteiger partial charge in [-0.15, -0.1) is 13.2 Å². The van der Waals surface area contributed by atoms with Crippen LogP contribution in [0.4, 0.5) is 23.2 Å². The molecule has 0 spiro atoms. The van der Waals surface area contributed by atoms with E-state index in [0.717, 1.165) is 12.6 Å². The molecule has 3 aromatic rings. The number of amides is 1. The lowest BCUT2D eigenvalue weighted by atomic mass is 10.0. The Morgan fingerprint density at radius 1 is 1.10 bits per heavy atom. The summed E-state index contributed by atoms with van der Waals surface area (Å²) in [5, 5.41) is 2.48. The molecular weight excluding hydrogens is 516 g/mol. The van der Waals surface area contributed by atoms with Gasteiger partial charge >= 0.3 is 6.36 Å². The molecule has 0 radical (unpaired) electrons. The van der Waals surface area contributed by atoms with Crippen molar-refractivity contribution < 1.29 is 31.9 Å². The summed E-state index contributed by atoms with van der Waals surface area (Å²) in [4.78, 5) is 34.0. The van der Waals surface area contributed by atoms with Crippen molar-refractivity contribution in [2.45, 2.75) is 25.7 Å². The van der Waals surface area contributed by atoms with Crippen LogP contribution >= 0.6 is 0 Å². The molecule has 1 amide bonds. The van der Waals surface area contributed by atoms with E-state index in [-0.39, 0.29) is 30.3 Å². The van der Waals surface area contributed by atoms with Gasteiger partial charge in [0, 0.05) is 49.4 Å². The van der Waals surface area contributed by atoms with Gasteiger partial charge < -0.3 is 15.0 Å². The Bertz CT molecular complexity index is 1330. The van der Waals surface area contributed by atoms with Gasteiger partial charge in [0.1, 0.15) is 5.82 Å². The molecule has 4 rings (SSSR count). The number of ether oxygens (including phenoxy) is 1. The fourth-order valence-corrected chi connectivity index (χ4v) is 4.32. The van der Waals surface area contributed by atoms with Crippen molar-refractivity contribution in [3.63, 3.8) is 0 Å². The number of anilines is 1. The van der Waals surface area contributed by atoms with Crippen LogP contribution in [-0.2, 0) is 11.2 Å². The Labute approximate surface area is 223 Å². The fourth-order valence-electron chi connectivity index (χ4n) is 4.32. The summed E-state index contributed by atoms with van der Waals surface area (Å²) in [7, 11) is 1.98. The molecule has 11 heteroatoms. The van der Waals surface area contributed by atoms with E-state index < -0.39 is 29.6 Å². The van der Waals surface area contributed by atoms with Crippen LogP contribution in [0.25, 0.3) is 11.3 Å². The molecular formula is C28H28F4N4O3. The van der Waals surface area contributed by atoms with Crippen molar-refractivity contribution in [2.75, 3.05) is 38.5 Å². The number of Topliss-reactive ketones (excluding diaryl/α,β-unsaturated/α-hetero) is 1. The molecule has 1 saturated heterocycles. The maximum absolute atomic E-state index is 14.0. The smallest absolute Gasteiger partial charge is 0.404 e. The predicted molar refractivity (Wildman–Crippen MR) is 138 cm³/mol. The third-order valence-electron chi connectivity index (χ3n) is 6.55. The molecule has 1 atom stereocenters. The highest BCUT2D eigenvalue weighted by Crippen LogP contribution is 2.32. The number of carbonyl (C=O) groups excluding carboxylic acids is 2. The van der Waals surface area contributed by atoms with E-state index in [0.29, 0.717) is 29.9 Å². The number of pyridine rings is 1. The van der Waals surface area contributed by atoms with Crippen LogP contribution in [0.1, 0.15) is 22.8 Å². The van der Waals surface area contributed by atoms with Crippen molar-refractivity contribution in [1.82, 2.24) is 14.8 Å². The van der Waals surface area contributed by atoms with E-state index in [1.807, 2.05) is 18.9 Å². The van der Waals surface area contributed by atoms with Crippen LogP contribution in [0.2, 0.25) is 0 Å². The lowest BCUT2D eigenvalue weighted by Gasteiger charge is -2.37. The Morgan fingerprint density at radius 2 is 1.87 bits per heavy atom. The molecule has 1 unspecified atom stereocenters. The summed E-state index contributed by atoms with van der Waals surface area (Å²) < 4.78 is 57.1. The van der Waals surface area contributed by atoms with Gasteiger partial charge in [-0.25, -0.2) is 4.39 Å². The number of alkyl halides is 3. The van der Waals surface area contributed by atoms with Gasteiger partial charge in [-0.2, -0.15) is 0 Å². The van der Waals surface area contributed by atoms with Crippen LogP contribution in [0.15, 0.2) is 60.8 Å². The summed E-state index contributed by atoms with van der Waals surface area (Å²) >= 11 is 0. The lowest BCUT2D eigenvalue weighted by Crippen LogP contribution is -2.51. The molecule has 1 N–H and O–H groups in total. The number of likely N-dealkylation sites (N-methyl/N-ethyl adjacent to an activating group) is 1. The minimum atomic E-state index is -4.98. The highest BCUT2D eigenvalue weighted by Gasteiger charge is 2.33. The molecule has 1 aliphatic rings. The van der Waals surface area contributed by atoms with Gasteiger partial charge in [0.05, 0.1) is 17.9 Å². The normalized spacial score (nSPS) is 16.6. The number of aromatic nitrogens is 1. The van der Waals surface area contributed by atoms with E-state index in [4.69, 9.17) is 0 Å². The van der Waals surface area contributed by atoms with E-state index in [2.05, 4.69) is 19.9 Å². The minimum absolute atomic E-state index is 0.0121. The molecule has 1 fully saturated rings. The summed E-state index contributed by atoms with van der Waals surface area (Å²) in [5.41, 5.74) is 1.09. The molecule has 0 aliphatic carbocycles. The van der Waals surface area contributed by atoms with Gasteiger partial charge in [-0.05, 0) is 55.9 Å². The van der Waals surface area contributed by atoms with Crippen LogP contribution in [0.3, 0.4) is 0 Å². The topological polar surface area (TPSA) is 74.8 Å². The van der Waals surface area contributed by atoms with Gasteiger partial charge in [-0.1, -0.05) is 18.2 Å². The fraction of sp³-hybridized carbons (Fsp3) is 0.321. The first kappa shape index (κ1) is 28.2. The number of benzene rings is 2. The van der Waals surface area contributed by atoms with Crippen LogP contribution in [-0.4, -0.2) is 72.1 Å². The molecule has 2 heterocycles. The first-order valence-electron chi connectivity index (χ1n) is 12.3. The Morgan fingerprint density at radius 3 is 2.54 bits per heavy atom. The first-order chi connectivity index (χ1) is 18.5. The summed E-state index contributed by atoms with van der Waals surface area (Å²) in [6, 6.07) is 13.0.